The predicted octanol–water partition coefficient (Wildman–Crippen LogP) is 6.41. The molecule has 0 fully saturated rings. The molecule has 0 aliphatic heterocycles. The molecule has 3 aromatic carbocycles. The number of hydrogen-bond acceptors (Lipinski definition) is 5. The lowest BCUT2D eigenvalue weighted by atomic mass is 10.1. The Kier molecular flexibility index (Phi) is 6.06. The Labute approximate surface area is 189 Å². The number of halogens is 1. The van der Waals surface area contributed by atoms with Gasteiger partial charge in [-0.1, -0.05) is 41.6 Å². The van der Waals surface area contributed by atoms with Crippen molar-refractivity contribution in [3.05, 3.63) is 98.6 Å². The minimum Gasteiger partial charge on any atom is -0.270 e. The number of hydrogen-bond donors (Lipinski definition) is 0. The smallest absolute Gasteiger partial charge is 0.269 e. The lowest BCUT2D eigenvalue weighted by Gasteiger charge is -2.12. The zero-order valence-corrected chi connectivity index (χ0v) is 18.5. The molecule has 156 valence electrons. The summed E-state index contributed by atoms with van der Waals surface area (Å²) in [6.07, 6.45) is 0. The molecule has 0 saturated heterocycles. The van der Waals surface area contributed by atoms with Gasteiger partial charge in [0.1, 0.15) is 0 Å². The molecule has 0 radical (unpaired) electrons. The van der Waals surface area contributed by atoms with Crippen molar-refractivity contribution in [3.8, 4) is 17.1 Å². The van der Waals surface area contributed by atoms with Crippen LogP contribution in [0.15, 0.2) is 71.9 Å². The molecule has 8 heteroatoms. The van der Waals surface area contributed by atoms with Crippen LogP contribution in [-0.2, 0) is 5.75 Å². The number of thioether (sulfide) groups is 1. The number of nitro benzene ring substituents is 1. The Morgan fingerprint density at radius 1 is 0.968 bits per heavy atom. The monoisotopic (exact) mass is 450 g/mol. The van der Waals surface area contributed by atoms with E-state index in [0.717, 1.165) is 27.8 Å². The van der Waals surface area contributed by atoms with Gasteiger partial charge in [0.2, 0.25) is 0 Å². The van der Waals surface area contributed by atoms with Crippen LogP contribution in [0.2, 0.25) is 5.02 Å². The molecule has 0 aliphatic carbocycles. The van der Waals surface area contributed by atoms with Crippen molar-refractivity contribution < 1.29 is 4.92 Å². The maximum Gasteiger partial charge on any atom is 0.269 e. The average Bonchev–Trinajstić information content (AvgIpc) is 3.19. The van der Waals surface area contributed by atoms with Gasteiger partial charge in [0.05, 0.1) is 10.6 Å². The zero-order chi connectivity index (χ0) is 22.0. The first-order valence-corrected chi connectivity index (χ1v) is 10.9. The third-order valence-electron chi connectivity index (χ3n) is 5.00. The molecule has 0 atom stereocenters. The van der Waals surface area contributed by atoms with Crippen molar-refractivity contribution in [2.75, 3.05) is 0 Å². The van der Waals surface area contributed by atoms with Crippen LogP contribution in [0.5, 0.6) is 0 Å². The molecule has 0 amide bonds. The summed E-state index contributed by atoms with van der Waals surface area (Å²) >= 11 is 7.59. The Morgan fingerprint density at radius 3 is 2.32 bits per heavy atom. The molecular weight excluding hydrogens is 432 g/mol. The highest BCUT2D eigenvalue weighted by molar-refractivity contribution is 7.98. The van der Waals surface area contributed by atoms with Crippen molar-refractivity contribution in [2.45, 2.75) is 24.8 Å². The maximum atomic E-state index is 10.9. The van der Waals surface area contributed by atoms with Gasteiger partial charge in [-0.05, 0) is 66.9 Å². The topological polar surface area (TPSA) is 73.8 Å². The predicted molar refractivity (Wildman–Crippen MR) is 124 cm³/mol. The van der Waals surface area contributed by atoms with Gasteiger partial charge in [0.25, 0.3) is 5.69 Å². The number of nitro groups is 1. The number of rotatable bonds is 6. The minimum absolute atomic E-state index is 0.0806. The molecular formula is C23H19ClN4O2S. The van der Waals surface area contributed by atoms with E-state index in [9.17, 15) is 10.1 Å². The third kappa shape index (κ3) is 4.62. The molecule has 4 aromatic rings. The Bertz CT molecular complexity index is 1240. The second-order valence-electron chi connectivity index (χ2n) is 7.13. The van der Waals surface area contributed by atoms with E-state index in [4.69, 9.17) is 11.6 Å². The number of benzene rings is 3. The lowest BCUT2D eigenvalue weighted by Crippen LogP contribution is -2.01. The maximum absolute atomic E-state index is 10.9. The van der Waals surface area contributed by atoms with Crippen molar-refractivity contribution in [1.82, 2.24) is 14.8 Å². The van der Waals surface area contributed by atoms with Crippen LogP contribution in [0.1, 0.15) is 16.7 Å². The summed E-state index contributed by atoms with van der Waals surface area (Å²) in [5.74, 6) is 1.34. The lowest BCUT2D eigenvalue weighted by molar-refractivity contribution is -0.384. The van der Waals surface area contributed by atoms with Crippen molar-refractivity contribution >= 4 is 29.1 Å². The molecule has 0 spiro atoms. The van der Waals surface area contributed by atoms with Crippen molar-refractivity contribution in [1.29, 1.82) is 0 Å². The van der Waals surface area contributed by atoms with Gasteiger partial charge in [0.15, 0.2) is 11.0 Å². The van der Waals surface area contributed by atoms with E-state index in [1.54, 1.807) is 12.1 Å². The Morgan fingerprint density at radius 2 is 1.68 bits per heavy atom. The summed E-state index contributed by atoms with van der Waals surface area (Å²) < 4.78 is 2.03. The molecule has 6 nitrogen and oxygen atoms in total. The zero-order valence-electron chi connectivity index (χ0n) is 16.9. The molecule has 31 heavy (non-hydrogen) atoms. The van der Waals surface area contributed by atoms with E-state index in [0.29, 0.717) is 10.8 Å². The van der Waals surface area contributed by atoms with E-state index in [1.165, 1.54) is 35.0 Å². The summed E-state index contributed by atoms with van der Waals surface area (Å²) in [5, 5.41) is 21.2. The normalized spacial score (nSPS) is 10.9. The first-order valence-electron chi connectivity index (χ1n) is 9.57. The summed E-state index contributed by atoms with van der Waals surface area (Å²) in [5.41, 5.74) is 5.33. The van der Waals surface area contributed by atoms with E-state index >= 15 is 0 Å². The Balaban J connectivity index is 1.70. The van der Waals surface area contributed by atoms with Crippen LogP contribution in [-0.4, -0.2) is 19.7 Å². The summed E-state index contributed by atoms with van der Waals surface area (Å²) in [6.45, 7) is 4.16. The number of non-ortho nitro benzene ring substituents is 1. The van der Waals surface area contributed by atoms with Gasteiger partial charge in [0, 0.05) is 28.5 Å². The molecule has 0 aliphatic rings. The minimum atomic E-state index is -0.397. The van der Waals surface area contributed by atoms with Crippen molar-refractivity contribution in [2.24, 2.45) is 0 Å². The van der Waals surface area contributed by atoms with Gasteiger partial charge < -0.3 is 0 Å². The summed E-state index contributed by atoms with van der Waals surface area (Å²) in [7, 11) is 0. The largest absolute Gasteiger partial charge is 0.270 e. The highest BCUT2D eigenvalue weighted by atomic mass is 35.5. The van der Waals surface area contributed by atoms with Crippen LogP contribution >= 0.6 is 23.4 Å². The van der Waals surface area contributed by atoms with Crippen LogP contribution in [0.25, 0.3) is 17.1 Å². The quantitative estimate of drug-likeness (QED) is 0.193. The molecule has 0 saturated carbocycles. The fourth-order valence-corrected chi connectivity index (χ4v) is 4.14. The van der Waals surface area contributed by atoms with Crippen LogP contribution in [0, 0.1) is 24.0 Å². The second-order valence-corrected chi connectivity index (χ2v) is 8.51. The number of nitrogens with zero attached hydrogens (tertiary/aromatic N) is 4. The molecule has 0 N–H and O–H groups in total. The fraction of sp³-hybridized carbons (Fsp3) is 0.130. The van der Waals surface area contributed by atoms with Gasteiger partial charge >= 0.3 is 0 Å². The Hall–Kier alpha value is -3.16. The molecule has 1 heterocycles. The van der Waals surface area contributed by atoms with Crippen LogP contribution in [0.3, 0.4) is 0 Å². The van der Waals surface area contributed by atoms with E-state index < -0.39 is 4.92 Å². The van der Waals surface area contributed by atoms with Gasteiger partial charge in [-0.2, -0.15) is 0 Å². The SMILES string of the molecule is Cc1ccc(-n2c(SCc3ccc([N+](=O)[O-])cc3)nnc2-c2ccc(Cl)cc2)cc1C. The number of aryl methyl sites for hydroxylation is 2. The van der Waals surface area contributed by atoms with E-state index in [2.05, 4.69) is 42.2 Å². The van der Waals surface area contributed by atoms with Crippen LogP contribution in [0.4, 0.5) is 5.69 Å². The average molecular weight is 451 g/mol. The second kappa shape index (κ2) is 8.91. The first kappa shape index (κ1) is 21.1. The summed E-state index contributed by atoms with van der Waals surface area (Å²) in [6, 6.07) is 20.3. The molecule has 0 unspecified atom stereocenters. The summed E-state index contributed by atoms with van der Waals surface area (Å²) in [4.78, 5) is 10.5. The van der Waals surface area contributed by atoms with E-state index in [1.807, 2.05) is 28.8 Å². The first-order chi connectivity index (χ1) is 14.9. The highest BCUT2D eigenvalue weighted by Crippen LogP contribution is 2.31. The number of aromatic nitrogens is 3. The van der Waals surface area contributed by atoms with Crippen LogP contribution < -0.4 is 0 Å². The standard InChI is InChI=1S/C23H19ClN4O2S/c1-15-3-10-21(13-16(15)2)27-22(18-6-8-19(24)9-7-18)25-26-23(27)31-14-17-4-11-20(12-5-17)28(29)30/h3-13H,14H2,1-2H3. The van der Waals surface area contributed by atoms with E-state index in [-0.39, 0.29) is 5.69 Å². The van der Waals surface area contributed by atoms with Crippen molar-refractivity contribution in [3.63, 3.8) is 0 Å². The molecule has 0 bridgehead atoms. The molecule has 1 aromatic heterocycles. The molecule has 4 rings (SSSR count). The third-order valence-corrected chi connectivity index (χ3v) is 6.25. The van der Waals surface area contributed by atoms with Gasteiger partial charge in [-0.3, -0.25) is 14.7 Å². The van der Waals surface area contributed by atoms with Gasteiger partial charge in [-0.15, -0.1) is 10.2 Å². The highest BCUT2D eigenvalue weighted by Gasteiger charge is 2.17. The van der Waals surface area contributed by atoms with Gasteiger partial charge in [-0.25, -0.2) is 0 Å². The fourth-order valence-electron chi connectivity index (χ4n) is 3.11.